The molecule has 5 nitrogen and oxygen atoms in total. The van der Waals surface area contributed by atoms with Crippen molar-refractivity contribution in [3.8, 4) is 17.1 Å². The Morgan fingerprint density at radius 1 is 1.31 bits per heavy atom. The fraction of sp³-hybridized carbons (Fsp3) is 0.368. The number of aromatic nitrogens is 3. The van der Waals surface area contributed by atoms with Gasteiger partial charge in [0.1, 0.15) is 5.82 Å². The van der Waals surface area contributed by atoms with Gasteiger partial charge >= 0.3 is 0 Å². The zero-order valence-electron chi connectivity index (χ0n) is 14.5. The van der Waals surface area contributed by atoms with E-state index in [2.05, 4.69) is 22.0 Å². The van der Waals surface area contributed by atoms with E-state index in [1.165, 1.54) is 18.9 Å². The average Bonchev–Trinajstić information content (AvgIpc) is 3.05. The summed E-state index contributed by atoms with van der Waals surface area (Å²) in [7, 11) is 2.14. The molecule has 1 saturated heterocycles. The van der Waals surface area contributed by atoms with Crippen LogP contribution in [0.5, 0.6) is 5.88 Å². The molecule has 3 heterocycles. The maximum Gasteiger partial charge on any atom is 0.231 e. The van der Waals surface area contributed by atoms with Gasteiger partial charge in [-0.1, -0.05) is 11.6 Å². The Morgan fingerprint density at radius 3 is 3.00 bits per heavy atom. The lowest BCUT2D eigenvalue weighted by Gasteiger charge is -2.29. The van der Waals surface area contributed by atoms with E-state index in [1.54, 1.807) is 22.8 Å². The summed E-state index contributed by atoms with van der Waals surface area (Å²) >= 11 is 5.91. The topological polar surface area (TPSA) is 42.7 Å². The number of ether oxygens (including phenoxy) is 1. The normalized spacial score (nSPS) is 18.3. The molecule has 1 fully saturated rings. The van der Waals surface area contributed by atoms with Gasteiger partial charge in [-0.3, -0.25) is 0 Å². The number of rotatable bonds is 4. The van der Waals surface area contributed by atoms with Gasteiger partial charge in [-0.05, 0) is 50.7 Å². The predicted molar refractivity (Wildman–Crippen MR) is 99.1 cm³/mol. The lowest BCUT2D eigenvalue weighted by molar-refractivity contribution is 0.146. The van der Waals surface area contributed by atoms with Crippen LogP contribution >= 0.6 is 11.6 Å². The van der Waals surface area contributed by atoms with Crippen LogP contribution in [0.2, 0.25) is 5.02 Å². The summed E-state index contributed by atoms with van der Waals surface area (Å²) in [6.07, 6.45) is 4.08. The quantitative estimate of drug-likeness (QED) is 0.694. The van der Waals surface area contributed by atoms with Crippen LogP contribution < -0.4 is 4.74 Å². The molecular weight excluding hydrogens is 355 g/mol. The largest absolute Gasteiger partial charge is 0.476 e. The second-order valence-electron chi connectivity index (χ2n) is 6.80. The van der Waals surface area contributed by atoms with Gasteiger partial charge in [0.2, 0.25) is 5.88 Å². The highest BCUT2D eigenvalue weighted by Crippen LogP contribution is 2.26. The average molecular weight is 375 g/mol. The van der Waals surface area contributed by atoms with Crippen molar-refractivity contribution in [2.24, 2.45) is 5.92 Å². The van der Waals surface area contributed by atoms with E-state index >= 15 is 0 Å². The van der Waals surface area contributed by atoms with Crippen LogP contribution in [0.1, 0.15) is 12.8 Å². The highest BCUT2D eigenvalue weighted by molar-refractivity contribution is 6.31. The van der Waals surface area contributed by atoms with Crippen molar-refractivity contribution in [1.82, 2.24) is 19.5 Å². The first-order valence-electron chi connectivity index (χ1n) is 8.72. The van der Waals surface area contributed by atoms with Crippen LogP contribution in [0.3, 0.4) is 0 Å². The minimum atomic E-state index is -0.446. The minimum Gasteiger partial charge on any atom is -0.476 e. The third-order valence-electron chi connectivity index (χ3n) is 4.74. The zero-order valence-corrected chi connectivity index (χ0v) is 15.3. The van der Waals surface area contributed by atoms with Gasteiger partial charge in [0, 0.05) is 24.1 Å². The molecule has 1 atom stereocenters. The van der Waals surface area contributed by atoms with Gasteiger partial charge in [0.05, 0.1) is 23.5 Å². The van der Waals surface area contributed by atoms with Crippen molar-refractivity contribution < 1.29 is 9.13 Å². The molecule has 0 amide bonds. The molecule has 0 saturated carbocycles. The van der Waals surface area contributed by atoms with Gasteiger partial charge < -0.3 is 9.64 Å². The summed E-state index contributed by atoms with van der Waals surface area (Å²) in [5.41, 5.74) is 2.19. The molecule has 1 unspecified atom stereocenters. The number of benzene rings is 1. The molecule has 0 radical (unpaired) electrons. The summed E-state index contributed by atoms with van der Waals surface area (Å²) in [4.78, 5) is 6.68. The Kier molecular flexibility index (Phi) is 4.78. The first-order valence-corrected chi connectivity index (χ1v) is 9.09. The lowest BCUT2D eigenvalue weighted by Crippen LogP contribution is -2.34. The number of imidazole rings is 1. The van der Waals surface area contributed by atoms with E-state index in [1.807, 2.05) is 12.1 Å². The Morgan fingerprint density at radius 2 is 2.19 bits per heavy atom. The smallest absolute Gasteiger partial charge is 0.231 e. The third-order valence-corrected chi connectivity index (χ3v) is 5.03. The summed E-state index contributed by atoms with van der Waals surface area (Å²) in [5, 5.41) is 4.62. The molecule has 7 heteroatoms. The molecule has 0 aliphatic carbocycles. The fourth-order valence-electron chi connectivity index (χ4n) is 3.40. The predicted octanol–water partition coefficient (Wildman–Crippen LogP) is 3.91. The van der Waals surface area contributed by atoms with Crippen LogP contribution in [-0.4, -0.2) is 46.2 Å². The van der Waals surface area contributed by atoms with Crippen LogP contribution in [0.25, 0.3) is 16.9 Å². The zero-order chi connectivity index (χ0) is 18.1. The number of hydrogen-bond acceptors (Lipinski definition) is 4. The number of piperidine rings is 1. The summed E-state index contributed by atoms with van der Waals surface area (Å²) in [6.45, 7) is 2.85. The maximum atomic E-state index is 13.4. The molecule has 26 heavy (non-hydrogen) atoms. The van der Waals surface area contributed by atoms with Crippen molar-refractivity contribution in [3.63, 3.8) is 0 Å². The molecule has 0 spiro atoms. The molecule has 136 valence electrons. The first kappa shape index (κ1) is 17.2. The maximum absolute atomic E-state index is 13.4. The van der Waals surface area contributed by atoms with E-state index in [0.717, 1.165) is 24.3 Å². The third kappa shape index (κ3) is 3.52. The Bertz CT molecular complexity index is 929. The number of fused-ring (bicyclic) bond motifs is 1. The molecular formula is C19H20ClFN4O. The van der Waals surface area contributed by atoms with Crippen LogP contribution in [0.4, 0.5) is 4.39 Å². The summed E-state index contributed by atoms with van der Waals surface area (Å²) in [5.74, 6) is 0.626. The first-order chi connectivity index (χ1) is 12.6. The van der Waals surface area contributed by atoms with Crippen molar-refractivity contribution in [1.29, 1.82) is 0 Å². The molecule has 3 aromatic rings. The van der Waals surface area contributed by atoms with Gasteiger partial charge in [-0.25, -0.2) is 13.9 Å². The minimum absolute atomic E-state index is 0.0753. The standard InChI is InChI=1S/C19H20ClFN4O/c1-24-8-2-3-13(11-24)12-26-19-7-6-18-22-10-17(25(18)23-19)14-4-5-16(21)15(20)9-14/h4-7,9-10,13H,2-3,8,11-12H2,1H3. The summed E-state index contributed by atoms with van der Waals surface area (Å²) < 4.78 is 21.1. The second-order valence-corrected chi connectivity index (χ2v) is 7.20. The highest BCUT2D eigenvalue weighted by atomic mass is 35.5. The lowest BCUT2D eigenvalue weighted by atomic mass is 10.00. The number of likely N-dealkylation sites (tertiary alicyclic amines) is 1. The Labute approximate surface area is 156 Å². The van der Waals surface area contributed by atoms with E-state index in [0.29, 0.717) is 24.1 Å². The molecule has 2 aromatic heterocycles. The number of hydrogen-bond donors (Lipinski definition) is 0. The van der Waals surface area contributed by atoms with Crippen LogP contribution in [0, 0.1) is 11.7 Å². The van der Waals surface area contributed by atoms with Gasteiger partial charge in [-0.2, -0.15) is 0 Å². The number of nitrogens with zero attached hydrogens (tertiary/aromatic N) is 4. The van der Waals surface area contributed by atoms with E-state index in [-0.39, 0.29) is 5.02 Å². The fourth-order valence-corrected chi connectivity index (χ4v) is 3.58. The molecule has 1 aliphatic rings. The molecule has 1 aliphatic heterocycles. The molecule has 0 N–H and O–H groups in total. The molecule has 0 bridgehead atoms. The van der Waals surface area contributed by atoms with Crippen LogP contribution in [-0.2, 0) is 0 Å². The van der Waals surface area contributed by atoms with Crippen molar-refractivity contribution in [3.05, 3.63) is 47.4 Å². The highest BCUT2D eigenvalue weighted by Gasteiger charge is 2.18. The van der Waals surface area contributed by atoms with Crippen molar-refractivity contribution >= 4 is 17.2 Å². The summed E-state index contributed by atoms with van der Waals surface area (Å²) in [6, 6.07) is 8.28. The Hall–Kier alpha value is -2.18. The van der Waals surface area contributed by atoms with Gasteiger partial charge in [0.15, 0.2) is 5.65 Å². The SMILES string of the molecule is CN1CCCC(COc2ccc3ncc(-c4ccc(F)c(Cl)c4)n3n2)C1. The Balaban J connectivity index is 1.57. The van der Waals surface area contributed by atoms with Gasteiger partial charge in [0.25, 0.3) is 0 Å². The van der Waals surface area contributed by atoms with E-state index in [9.17, 15) is 4.39 Å². The van der Waals surface area contributed by atoms with E-state index < -0.39 is 5.82 Å². The van der Waals surface area contributed by atoms with Crippen molar-refractivity contribution in [2.75, 3.05) is 26.7 Å². The monoisotopic (exact) mass is 374 g/mol. The van der Waals surface area contributed by atoms with E-state index in [4.69, 9.17) is 16.3 Å². The van der Waals surface area contributed by atoms with Crippen LogP contribution in [0.15, 0.2) is 36.5 Å². The molecule has 4 rings (SSSR count). The second kappa shape index (κ2) is 7.21. The number of halogens is 2. The molecule has 1 aromatic carbocycles. The van der Waals surface area contributed by atoms with Gasteiger partial charge in [-0.15, -0.1) is 5.10 Å². The van der Waals surface area contributed by atoms with Crippen molar-refractivity contribution in [2.45, 2.75) is 12.8 Å².